The standard InChI is InChI=1S/C28H30F4N4O5/c1-16(2)22(33-23(37)17-13-18(28(30,31)32)15-19(29)14-17)24(38)35-11-9-27(10-12-35)25(39)34(3)26(40)36(27)20-5-7-21(41-4)8-6-20/h5-8,13-16,22H,9-12H2,1-4H3,(H,33,37)/i4D3. The van der Waals surface area contributed by atoms with Gasteiger partial charge in [-0.2, -0.15) is 13.2 Å². The van der Waals surface area contributed by atoms with Crippen molar-refractivity contribution in [3.63, 3.8) is 0 Å². The number of likely N-dealkylation sites (N-methyl/N-ethyl adjacent to an activating group) is 1. The zero-order chi connectivity index (χ0) is 32.8. The molecule has 2 aromatic carbocycles. The summed E-state index contributed by atoms with van der Waals surface area (Å²) in [4.78, 5) is 56.6. The third kappa shape index (κ3) is 5.57. The lowest BCUT2D eigenvalue weighted by atomic mass is 9.85. The highest BCUT2D eigenvalue weighted by Crippen LogP contribution is 2.40. The summed E-state index contributed by atoms with van der Waals surface area (Å²) in [6, 6.07) is 5.23. The number of imide groups is 1. The first kappa shape index (κ1) is 25.8. The average molecular weight is 582 g/mol. The van der Waals surface area contributed by atoms with Gasteiger partial charge < -0.3 is 15.0 Å². The molecule has 0 aliphatic carbocycles. The van der Waals surface area contributed by atoms with E-state index >= 15 is 0 Å². The lowest BCUT2D eigenvalue weighted by molar-refractivity contribution is -0.139. The molecule has 2 aromatic rings. The van der Waals surface area contributed by atoms with Crippen molar-refractivity contribution >= 4 is 29.4 Å². The van der Waals surface area contributed by atoms with Crippen LogP contribution >= 0.6 is 0 Å². The van der Waals surface area contributed by atoms with Crippen LogP contribution in [0.1, 0.15) is 46.7 Å². The van der Waals surface area contributed by atoms with Crippen molar-refractivity contribution in [2.24, 2.45) is 5.92 Å². The molecule has 2 aliphatic rings. The molecule has 2 aliphatic heterocycles. The smallest absolute Gasteiger partial charge is 0.416 e. The minimum atomic E-state index is -4.89. The molecule has 13 heteroatoms. The van der Waals surface area contributed by atoms with Gasteiger partial charge in [0, 0.05) is 31.4 Å². The van der Waals surface area contributed by atoms with E-state index in [2.05, 4.69) is 5.32 Å². The van der Waals surface area contributed by atoms with Gasteiger partial charge in [0.15, 0.2) is 0 Å². The Balaban J connectivity index is 1.52. The quantitative estimate of drug-likeness (QED) is 0.410. The number of amides is 5. The van der Waals surface area contributed by atoms with Gasteiger partial charge in [0.1, 0.15) is 23.1 Å². The highest BCUT2D eigenvalue weighted by molar-refractivity contribution is 6.16. The number of hydrogen-bond acceptors (Lipinski definition) is 5. The van der Waals surface area contributed by atoms with Gasteiger partial charge >= 0.3 is 12.2 Å². The topological polar surface area (TPSA) is 99.3 Å². The van der Waals surface area contributed by atoms with Gasteiger partial charge in [0.05, 0.1) is 16.7 Å². The predicted molar refractivity (Wildman–Crippen MR) is 140 cm³/mol. The Labute approximate surface area is 238 Å². The van der Waals surface area contributed by atoms with E-state index in [0.29, 0.717) is 17.8 Å². The summed E-state index contributed by atoms with van der Waals surface area (Å²) < 4.78 is 79.9. The molecule has 0 aromatic heterocycles. The van der Waals surface area contributed by atoms with Crippen LogP contribution in [0.15, 0.2) is 42.5 Å². The van der Waals surface area contributed by atoms with Gasteiger partial charge in [-0.25, -0.2) is 9.18 Å². The molecule has 2 saturated heterocycles. The van der Waals surface area contributed by atoms with Crippen molar-refractivity contribution in [3.8, 4) is 5.75 Å². The maximum atomic E-state index is 13.9. The Bertz CT molecular complexity index is 1460. The van der Waals surface area contributed by atoms with Gasteiger partial charge in [0.2, 0.25) is 5.91 Å². The number of piperidine rings is 1. The molecule has 0 bridgehead atoms. The number of anilines is 1. The third-order valence-corrected chi connectivity index (χ3v) is 7.43. The van der Waals surface area contributed by atoms with Crippen molar-refractivity contribution in [3.05, 3.63) is 59.4 Å². The summed E-state index contributed by atoms with van der Waals surface area (Å²) in [6.45, 7) is 3.24. The molecule has 0 radical (unpaired) electrons. The first-order valence-electron chi connectivity index (χ1n) is 14.2. The molecule has 1 spiro atoms. The minimum absolute atomic E-state index is 0.000283. The third-order valence-electron chi connectivity index (χ3n) is 7.43. The van der Waals surface area contributed by atoms with Crippen LogP contribution in [0.5, 0.6) is 5.75 Å². The molecule has 9 nitrogen and oxygen atoms in total. The number of methoxy groups -OCH3 is 1. The highest BCUT2D eigenvalue weighted by atomic mass is 19.4. The molecule has 1 atom stereocenters. The van der Waals surface area contributed by atoms with E-state index in [-0.39, 0.29) is 37.7 Å². The molecule has 1 unspecified atom stereocenters. The normalized spacial score (nSPS) is 19.2. The molecule has 41 heavy (non-hydrogen) atoms. The summed E-state index contributed by atoms with van der Waals surface area (Å²) in [6.07, 6.45) is -4.83. The first-order valence-corrected chi connectivity index (χ1v) is 12.7. The van der Waals surface area contributed by atoms with Crippen LogP contribution in [-0.2, 0) is 15.8 Å². The number of urea groups is 1. The maximum absolute atomic E-state index is 13.9. The Morgan fingerprint density at radius 2 is 1.71 bits per heavy atom. The number of hydrogen-bond donors (Lipinski definition) is 1. The van der Waals surface area contributed by atoms with Gasteiger partial charge in [-0.1, -0.05) is 13.8 Å². The molecule has 1 N–H and O–H groups in total. The molecule has 0 saturated carbocycles. The Morgan fingerprint density at radius 1 is 1.07 bits per heavy atom. The zero-order valence-electron chi connectivity index (χ0n) is 25.4. The number of carbonyl (C=O) groups excluding carboxylic acids is 4. The van der Waals surface area contributed by atoms with E-state index in [1.807, 2.05) is 0 Å². The number of halogens is 4. The number of benzene rings is 2. The summed E-state index contributed by atoms with van der Waals surface area (Å²) >= 11 is 0. The zero-order valence-corrected chi connectivity index (χ0v) is 22.4. The van der Waals surface area contributed by atoms with Crippen LogP contribution in [0, 0.1) is 11.7 Å². The minimum Gasteiger partial charge on any atom is -0.497 e. The lowest BCUT2D eigenvalue weighted by Gasteiger charge is -2.43. The van der Waals surface area contributed by atoms with Crippen molar-refractivity contribution in [2.45, 2.75) is 44.4 Å². The molecule has 4 rings (SSSR count). The lowest BCUT2D eigenvalue weighted by Crippen LogP contribution is -2.60. The van der Waals surface area contributed by atoms with E-state index in [0.717, 1.165) is 4.90 Å². The summed E-state index contributed by atoms with van der Waals surface area (Å²) in [5, 5.41) is 2.42. The van der Waals surface area contributed by atoms with Gasteiger partial charge in [0.25, 0.3) is 11.8 Å². The number of rotatable bonds is 6. The van der Waals surface area contributed by atoms with E-state index < -0.39 is 71.4 Å². The van der Waals surface area contributed by atoms with Gasteiger partial charge in [-0.05, 0) is 61.2 Å². The Hall–Kier alpha value is -4.16. The average Bonchev–Trinajstić information content (AvgIpc) is 3.10. The van der Waals surface area contributed by atoms with Crippen molar-refractivity contribution in [1.82, 2.24) is 15.1 Å². The molecule has 220 valence electrons. The molecule has 2 heterocycles. The number of nitrogens with one attached hydrogen (secondary N) is 1. The van der Waals surface area contributed by atoms with Gasteiger partial charge in [-0.3, -0.25) is 24.2 Å². The second-order valence-corrected chi connectivity index (χ2v) is 10.4. The summed E-state index contributed by atoms with van der Waals surface area (Å²) in [7, 11) is -1.35. The number of nitrogens with zero attached hydrogens (tertiary/aromatic N) is 3. The fraction of sp³-hybridized carbons (Fsp3) is 0.429. The van der Waals surface area contributed by atoms with E-state index in [1.54, 1.807) is 13.8 Å². The van der Waals surface area contributed by atoms with Crippen LogP contribution in [0.4, 0.5) is 28.0 Å². The fourth-order valence-corrected chi connectivity index (χ4v) is 5.20. The van der Waals surface area contributed by atoms with Crippen molar-refractivity contribution in [2.75, 3.05) is 32.1 Å². The highest BCUT2D eigenvalue weighted by Gasteiger charge is 2.58. The van der Waals surface area contributed by atoms with Crippen molar-refractivity contribution < 1.29 is 45.6 Å². The van der Waals surface area contributed by atoms with Crippen LogP contribution in [0.2, 0.25) is 0 Å². The van der Waals surface area contributed by atoms with Crippen LogP contribution in [0.25, 0.3) is 0 Å². The number of ether oxygens (including phenoxy) is 1. The van der Waals surface area contributed by atoms with Crippen LogP contribution < -0.4 is 15.0 Å². The predicted octanol–water partition coefficient (Wildman–Crippen LogP) is 4.07. The molecule has 2 fully saturated rings. The SMILES string of the molecule is [2H]C([2H])([2H])Oc1ccc(N2C(=O)N(C)C(=O)C23CCN(C(=O)C(NC(=O)c2cc(F)cc(C(F)(F)F)c2)C(C)C)CC3)cc1. The maximum Gasteiger partial charge on any atom is 0.416 e. The second kappa shape index (κ2) is 11.0. The molecule has 5 amide bonds. The van der Waals surface area contributed by atoms with E-state index in [4.69, 9.17) is 8.85 Å². The van der Waals surface area contributed by atoms with Crippen molar-refractivity contribution in [1.29, 1.82) is 0 Å². The molecular weight excluding hydrogens is 548 g/mol. The first-order chi connectivity index (χ1) is 20.3. The molecular formula is C28H30F4N4O5. The monoisotopic (exact) mass is 581 g/mol. The Kier molecular flexibility index (Phi) is 6.93. The van der Waals surface area contributed by atoms with Crippen LogP contribution in [0.3, 0.4) is 0 Å². The van der Waals surface area contributed by atoms with Gasteiger partial charge in [-0.15, -0.1) is 0 Å². The fourth-order valence-electron chi connectivity index (χ4n) is 5.20. The second-order valence-electron chi connectivity index (χ2n) is 10.4. The number of alkyl halides is 3. The largest absolute Gasteiger partial charge is 0.497 e. The van der Waals surface area contributed by atoms with E-state index in [9.17, 15) is 36.7 Å². The Morgan fingerprint density at radius 3 is 2.27 bits per heavy atom. The van der Waals surface area contributed by atoms with Crippen LogP contribution in [-0.4, -0.2) is 72.3 Å². The van der Waals surface area contributed by atoms with E-state index in [1.165, 1.54) is 41.1 Å². The summed E-state index contributed by atoms with van der Waals surface area (Å²) in [5.41, 5.74) is -2.98. The number of likely N-dealkylation sites (tertiary alicyclic amines) is 1. The summed E-state index contributed by atoms with van der Waals surface area (Å²) in [5.74, 6) is -3.85. The number of carbonyl (C=O) groups is 4.